The molecule has 0 spiro atoms. The van der Waals surface area contributed by atoms with Crippen LogP contribution >= 0.6 is 11.3 Å². The minimum atomic E-state index is -1.40. The van der Waals surface area contributed by atoms with E-state index in [9.17, 15) is 10.2 Å². The fourth-order valence-electron chi connectivity index (χ4n) is 1.92. The number of aliphatic hydroxyl groups is 2. The molecule has 0 aliphatic rings. The van der Waals surface area contributed by atoms with Gasteiger partial charge in [0, 0.05) is 5.56 Å². The molecule has 2 N–H and O–H groups in total. The lowest BCUT2D eigenvalue weighted by Crippen LogP contribution is -2.45. The Kier molecular flexibility index (Phi) is 3.90. The van der Waals surface area contributed by atoms with E-state index in [4.69, 9.17) is 0 Å². The molecule has 2 rings (SSSR count). The van der Waals surface area contributed by atoms with E-state index in [1.165, 1.54) is 11.3 Å². The lowest BCUT2D eigenvalue weighted by molar-refractivity contribution is -0.104. The highest BCUT2D eigenvalue weighted by atomic mass is 32.1. The summed E-state index contributed by atoms with van der Waals surface area (Å²) in [5, 5.41) is 24.9. The van der Waals surface area contributed by atoms with Crippen LogP contribution in [0.15, 0.2) is 53.2 Å². The SMILES string of the molecule is CC(C)(O)C(O)(/C=C/c1ccccc1)c1ccsc1. The minimum Gasteiger partial charge on any atom is -0.387 e. The summed E-state index contributed by atoms with van der Waals surface area (Å²) in [6, 6.07) is 11.6. The predicted octanol–water partition coefficient (Wildman–Crippen LogP) is 3.42. The van der Waals surface area contributed by atoms with Crippen LogP contribution in [0.4, 0.5) is 0 Å². The normalized spacial score (nSPS) is 15.6. The molecule has 1 aromatic carbocycles. The fourth-order valence-corrected chi connectivity index (χ4v) is 2.62. The molecule has 1 heterocycles. The summed E-state index contributed by atoms with van der Waals surface area (Å²) in [5.74, 6) is 0. The van der Waals surface area contributed by atoms with Gasteiger partial charge < -0.3 is 10.2 Å². The Hall–Kier alpha value is -1.42. The van der Waals surface area contributed by atoms with Crippen molar-refractivity contribution in [3.05, 3.63) is 64.4 Å². The van der Waals surface area contributed by atoms with Gasteiger partial charge in [-0.2, -0.15) is 11.3 Å². The van der Waals surface area contributed by atoms with Gasteiger partial charge in [-0.15, -0.1) is 0 Å². The summed E-state index contributed by atoms with van der Waals surface area (Å²) in [5.41, 5.74) is -0.972. The Labute approximate surface area is 117 Å². The molecule has 0 radical (unpaired) electrons. The molecule has 2 aromatic rings. The largest absolute Gasteiger partial charge is 0.387 e. The van der Waals surface area contributed by atoms with E-state index < -0.39 is 11.2 Å². The van der Waals surface area contributed by atoms with Crippen LogP contribution in [0.2, 0.25) is 0 Å². The van der Waals surface area contributed by atoms with Crippen LogP contribution in [0, 0.1) is 0 Å². The third-order valence-electron chi connectivity index (χ3n) is 3.21. The Balaban J connectivity index is 2.38. The maximum Gasteiger partial charge on any atom is 0.137 e. The first-order chi connectivity index (χ1) is 8.93. The van der Waals surface area contributed by atoms with Crippen molar-refractivity contribution in [2.24, 2.45) is 0 Å². The molecule has 0 saturated carbocycles. The minimum absolute atomic E-state index is 0.706. The topological polar surface area (TPSA) is 40.5 Å². The Morgan fingerprint density at radius 3 is 2.26 bits per heavy atom. The van der Waals surface area contributed by atoms with Crippen molar-refractivity contribution < 1.29 is 10.2 Å². The van der Waals surface area contributed by atoms with Crippen molar-refractivity contribution in [3.8, 4) is 0 Å². The van der Waals surface area contributed by atoms with Crippen LogP contribution in [0.1, 0.15) is 25.0 Å². The summed E-state index contributed by atoms with van der Waals surface area (Å²) >= 11 is 1.50. The van der Waals surface area contributed by atoms with Crippen molar-refractivity contribution >= 4 is 17.4 Å². The molecule has 1 atom stereocenters. The number of thiophene rings is 1. The summed E-state index contributed by atoms with van der Waals surface area (Å²) in [6.07, 6.45) is 3.49. The maximum atomic E-state index is 10.8. The highest BCUT2D eigenvalue weighted by Gasteiger charge is 2.41. The number of hydrogen-bond donors (Lipinski definition) is 2. The van der Waals surface area contributed by atoms with Gasteiger partial charge in [0.25, 0.3) is 0 Å². The highest BCUT2D eigenvalue weighted by molar-refractivity contribution is 7.08. The molecule has 1 unspecified atom stereocenters. The van der Waals surface area contributed by atoms with E-state index in [1.54, 1.807) is 19.9 Å². The zero-order valence-electron chi connectivity index (χ0n) is 11.1. The van der Waals surface area contributed by atoms with E-state index in [-0.39, 0.29) is 0 Å². The van der Waals surface area contributed by atoms with Gasteiger partial charge in [-0.25, -0.2) is 0 Å². The van der Waals surface area contributed by atoms with Gasteiger partial charge in [-0.05, 0) is 42.3 Å². The van der Waals surface area contributed by atoms with Gasteiger partial charge in [0.1, 0.15) is 5.60 Å². The molecule has 1 aromatic heterocycles. The Morgan fingerprint density at radius 2 is 1.74 bits per heavy atom. The molecular formula is C16H18O2S. The lowest BCUT2D eigenvalue weighted by Gasteiger charge is -2.36. The Bertz CT molecular complexity index is 538. The molecule has 19 heavy (non-hydrogen) atoms. The van der Waals surface area contributed by atoms with Crippen molar-refractivity contribution in [3.63, 3.8) is 0 Å². The van der Waals surface area contributed by atoms with Gasteiger partial charge in [0.15, 0.2) is 0 Å². The molecule has 0 amide bonds. The zero-order chi connectivity index (χ0) is 13.9. The van der Waals surface area contributed by atoms with Gasteiger partial charge >= 0.3 is 0 Å². The molecule has 100 valence electrons. The zero-order valence-corrected chi connectivity index (χ0v) is 11.9. The van der Waals surface area contributed by atoms with Crippen LogP contribution in [0.5, 0.6) is 0 Å². The van der Waals surface area contributed by atoms with Crippen LogP contribution in [0.25, 0.3) is 6.08 Å². The van der Waals surface area contributed by atoms with Crippen LogP contribution in [0.3, 0.4) is 0 Å². The van der Waals surface area contributed by atoms with E-state index in [1.807, 2.05) is 53.2 Å². The molecule has 2 nitrogen and oxygen atoms in total. The second kappa shape index (κ2) is 5.29. The van der Waals surface area contributed by atoms with E-state index in [2.05, 4.69) is 0 Å². The number of benzene rings is 1. The summed E-state index contributed by atoms with van der Waals surface area (Å²) < 4.78 is 0. The first-order valence-electron chi connectivity index (χ1n) is 6.15. The molecule has 0 aliphatic heterocycles. The quantitative estimate of drug-likeness (QED) is 0.897. The van der Waals surface area contributed by atoms with Crippen molar-refractivity contribution in [2.75, 3.05) is 0 Å². The highest BCUT2D eigenvalue weighted by Crippen LogP contribution is 2.36. The van der Waals surface area contributed by atoms with Gasteiger partial charge in [-0.1, -0.05) is 36.4 Å². The third kappa shape index (κ3) is 2.95. The van der Waals surface area contributed by atoms with E-state index >= 15 is 0 Å². The number of rotatable bonds is 4. The van der Waals surface area contributed by atoms with Crippen molar-refractivity contribution in [1.29, 1.82) is 0 Å². The second-order valence-corrected chi connectivity index (χ2v) is 5.86. The summed E-state index contributed by atoms with van der Waals surface area (Å²) in [4.78, 5) is 0. The molecule has 0 fully saturated rings. The van der Waals surface area contributed by atoms with E-state index in [0.717, 1.165) is 5.56 Å². The van der Waals surface area contributed by atoms with Crippen LogP contribution in [-0.4, -0.2) is 15.8 Å². The first-order valence-corrected chi connectivity index (χ1v) is 7.09. The molecule has 0 bridgehead atoms. The first kappa shape index (κ1) is 14.0. The molecule has 0 saturated heterocycles. The maximum absolute atomic E-state index is 10.8. The van der Waals surface area contributed by atoms with Crippen molar-refractivity contribution in [1.82, 2.24) is 0 Å². The van der Waals surface area contributed by atoms with Gasteiger partial charge in [-0.3, -0.25) is 0 Å². The number of hydrogen-bond acceptors (Lipinski definition) is 3. The third-order valence-corrected chi connectivity index (χ3v) is 3.89. The Morgan fingerprint density at radius 1 is 1.05 bits per heavy atom. The monoisotopic (exact) mass is 274 g/mol. The second-order valence-electron chi connectivity index (χ2n) is 5.08. The van der Waals surface area contributed by atoms with Crippen LogP contribution < -0.4 is 0 Å². The van der Waals surface area contributed by atoms with Crippen LogP contribution in [-0.2, 0) is 5.60 Å². The van der Waals surface area contributed by atoms with Gasteiger partial charge in [0.2, 0.25) is 0 Å². The summed E-state index contributed by atoms with van der Waals surface area (Å²) in [7, 11) is 0. The molecule has 0 aliphatic carbocycles. The smallest absolute Gasteiger partial charge is 0.137 e. The van der Waals surface area contributed by atoms with Gasteiger partial charge in [0.05, 0.1) is 5.60 Å². The molecular weight excluding hydrogens is 256 g/mol. The lowest BCUT2D eigenvalue weighted by atomic mass is 9.80. The molecule has 3 heteroatoms. The predicted molar refractivity (Wildman–Crippen MR) is 80.0 cm³/mol. The average molecular weight is 274 g/mol. The standard InChI is InChI=1S/C16H18O2S/c1-15(2,17)16(18,14-9-11-19-12-14)10-8-13-6-4-3-5-7-13/h3-12,17-18H,1-2H3/b10-8+. The van der Waals surface area contributed by atoms with E-state index in [0.29, 0.717) is 5.56 Å². The average Bonchev–Trinajstić information content (AvgIpc) is 2.90. The summed E-state index contributed by atoms with van der Waals surface area (Å²) in [6.45, 7) is 3.22. The fraction of sp³-hybridized carbons (Fsp3) is 0.250. The van der Waals surface area contributed by atoms with Crippen molar-refractivity contribution in [2.45, 2.75) is 25.0 Å².